The van der Waals surface area contributed by atoms with E-state index in [2.05, 4.69) is 0 Å². The summed E-state index contributed by atoms with van der Waals surface area (Å²) < 4.78 is 37.6. The van der Waals surface area contributed by atoms with Crippen LogP contribution in [0.15, 0.2) is 24.3 Å². The number of rotatable bonds is 3. The third-order valence-corrected chi connectivity index (χ3v) is 4.59. The molecule has 1 aromatic carbocycles. The number of hydrogen-bond acceptors (Lipinski definition) is 2. The van der Waals surface area contributed by atoms with E-state index in [0.717, 1.165) is 12.1 Å². The number of carboxylic acids is 1. The average molecular weight is 327 g/mol. The quantitative estimate of drug-likeness (QED) is 0.929. The van der Waals surface area contributed by atoms with Gasteiger partial charge in [0.25, 0.3) is 0 Å². The Bertz CT molecular complexity index is 626. The predicted molar refractivity (Wildman–Crippen MR) is 74.7 cm³/mol. The first-order chi connectivity index (χ1) is 10.8. The molecule has 0 bridgehead atoms. The lowest BCUT2D eigenvalue weighted by atomic mass is 10.1. The zero-order chi connectivity index (χ0) is 16.8. The van der Waals surface area contributed by atoms with Crippen molar-refractivity contribution in [3.63, 3.8) is 0 Å². The molecule has 0 spiro atoms. The summed E-state index contributed by atoms with van der Waals surface area (Å²) in [6.45, 7) is 0.437. The summed E-state index contributed by atoms with van der Waals surface area (Å²) in [5.41, 5.74) is -0.0160. The molecule has 3 atom stereocenters. The molecule has 1 N–H and O–H groups in total. The molecule has 0 aromatic heterocycles. The highest BCUT2D eigenvalue weighted by Gasteiger charge is 2.48. The Labute approximate surface area is 130 Å². The molecule has 1 aliphatic heterocycles. The van der Waals surface area contributed by atoms with Crippen LogP contribution < -0.4 is 0 Å². The number of alkyl halides is 3. The van der Waals surface area contributed by atoms with E-state index in [1.54, 1.807) is 0 Å². The summed E-state index contributed by atoms with van der Waals surface area (Å²) >= 11 is 0. The number of nitrogens with zero attached hydrogens (tertiary/aromatic N) is 1. The average Bonchev–Trinajstić information content (AvgIpc) is 3.13. The Hall–Kier alpha value is -2.05. The first-order valence-electron chi connectivity index (χ1n) is 7.49. The minimum atomic E-state index is -4.37. The van der Waals surface area contributed by atoms with Crippen molar-refractivity contribution in [3.05, 3.63) is 35.4 Å². The highest BCUT2D eigenvalue weighted by atomic mass is 19.4. The van der Waals surface area contributed by atoms with Gasteiger partial charge in [0, 0.05) is 12.5 Å². The van der Waals surface area contributed by atoms with E-state index < -0.39 is 23.8 Å². The number of benzene rings is 1. The fraction of sp³-hybridized carbons (Fsp3) is 0.500. The van der Waals surface area contributed by atoms with Gasteiger partial charge in [-0.25, -0.2) is 4.79 Å². The molecule has 7 heteroatoms. The Kier molecular flexibility index (Phi) is 3.82. The van der Waals surface area contributed by atoms with E-state index in [1.165, 1.54) is 17.0 Å². The summed E-state index contributed by atoms with van der Waals surface area (Å²) in [5.74, 6) is -1.62. The number of aliphatic carboxylic acids is 1. The summed E-state index contributed by atoms with van der Waals surface area (Å²) in [7, 11) is 0. The summed E-state index contributed by atoms with van der Waals surface area (Å²) in [5, 5.41) is 9.12. The third-order valence-electron chi connectivity index (χ3n) is 4.59. The summed E-state index contributed by atoms with van der Waals surface area (Å²) in [6, 6.07) is 4.08. The summed E-state index contributed by atoms with van der Waals surface area (Å²) in [6.07, 6.45) is -2.69. The molecule has 1 saturated carbocycles. The first kappa shape index (κ1) is 15.8. The van der Waals surface area contributed by atoms with Gasteiger partial charge in [-0.05, 0) is 42.9 Å². The van der Waals surface area contributed by atoms with Crippen LogP contribution in [0.5, 0.6) is 0 Å². The van der Waals surface area contributed by atoms with Gasteiger partial charge in [0.15, 0.2) is 0 Å². The van der Waals surface area contributed by atoms with Gasteiger partial charge in [0.1, 0.15) is 6.04 Å². The van der Waals surface area contributed by atoms with E-state index in [1.807, 2.05) is 0 Å². The molecule has 4 nitrogen and oxygen atoms in total. The molecule has 1 amide bonds. The SMILES string of the molecule is O=C(O)[C@@H]1CCCN1C(=O)[C@H]1C[C@H]1c1ccc(C(F)(F)F)cc1. The Morgan fingerprint density at radius 3 is 2.39 bits per heavy atom. The van der Waals surface area contributed by atoms with E-state index in [0.29, 0.717) is 31.4 Å². The predicted octanol–water partition coefficient (Wildman–Crippen LogP) is 2.88. The van der Waals surface area contributed by atoms with Crippen LogP contribution in [0.3, 0.4) is 0 Å². The zero-order valence-corrected chi connectivity index (χ0v) is 12.2. The van der Waals surface area contributed by atoms with Crippen LogP contribution >= 0.6 is 0 Å². The lowest BCUT2D eigenvalue weighted by Crippen LogP contribution is -2.41. The molecule has 0 unspecified atom stereocenters. The minimum absolute atomic E-state index is 0.111. The van der Waals surface area contributed by atoms with Crippen LogP contribution in [0.4, 0.5) is 13.2 Å². The van der Waals surface area contributed by atoms with Crippen molar-refractivity contribution >= 4 is 11.9 Å². The number of hydrogen-bond donors (Lipinski definition) is 1. The molecular weight excluding hydrogens is 311 g/mol. The third kappa shape index (κ3) is 3.04. The van der Waals surface area contributed by atoms with Crippen molar-refractivity contribution in [2.45, 2.75) is 37.4 Å². The lowest BCUT2D eigenvalue weighted by molar-refractivity contribution is -0.148. The molecule has 23 heavy (non-hydrogen) atoms. The maximum Gasteiger partial charge on any atom is 0.416 e. The van der Waals surface area contributed by atoms with Crippen molar-refractivity contribution < 1.29 is 27.9 Å². The first-order valence-corrected chi connectivity index (χ1v) is 7.49. The van der Waals surface area contributed by atoms with Crippen LogP contribution in [0.2, 0.25) is 0 Å². The lowest BCUT2D eigenvalue weighted by Gasteiger charge is -2.21. The zero-order valence-electron chi connectivity index (χ0n) is 12.2. The number of likely N-dealkylation sites (tertiary alicyclic amines) is 1. The molecule has 124 valence electrons. The van der Waals surface area contributed by atoms with Crippen LogP contribution in [-0.2, 0) is 15.8 Å². The van der Waals surface area contributed by atoms with Gasteiger partial charge in [-0.1, -0.05) is 12.1 Å². The Morgan fingerprint density at radius 2 is 1.83 bits per heavy atom. The van der Waals surface area contributed by atoms with Crippen molar-refractivity contribution in [2.75, 3.05) is 6.54 Å². The van der Waals surface area contributed by atoms with Crippen LogP contribution in [0, 0.1) is 5.92 Å². The van der Waals surface area contributed by atoms with Gasteiger partial charge in [0.05, 0.1) is 5.56 Å². The van der Waals surface area contributed by atoms with Gasteiger partial charge in [-0.3, -0.25) is 4.79 Å². The van der Waals surface area contributed by atoms with Crippen molar-refractivity contribution in [2.24, 2.45) is 5.92 Å². The highest BCUT2D eigenvalue weighted by Crippen LogP contribution is 2.49. The van der Waals surface area contributed by atoms with Crippen molar-refractivity contribution in [1.29, 1.82) is 0 Å². The molecule has 3 rings (SSSR count). The maximum absolute atomic E-state index is 12.5. The number of carbonyl (C=O) groups is 2. The molecular formula is C16H16F3NO3. The normalized spacial score (nSPS) is 27.1. The number of halogens is 3. The second-order valence-corrected chi connectivity index (χ2v) is 6.10. The monoisotopic (exact) mass is 327 g/mol. The van der Waals surface area contributed by atoms with Gasteiger partial charge < -0.3 is 10.0 Å². The van der Waals surface area contributed by atoms with Gasteiger partial charge in [-0.15, -0.1) is 0 Å². The van der Waals surface area contributed by atoms with Gasteiger partial charge in [0.2, 0.25) is 5.91 Å². The molecule has 1 saturated heterocycles. The number of carbonyl (C=O) groups excluding carboxylic acids is 1. The van der Waals surface area contributed by atoms with E-state index >= 15 is 0 Å². The summed E-state index contributed by atoms with van der Waals surface area (Å²) in [4.78, 5) is 25.0. The van der Waals surface area contributed by atoms with Crippen LogP contribution in [0.1, 0.15) is 36.3 Å². The second-order valence-electron chi connectivity index (χ2n) is 6.10. The largest absolute Gasteiger partial charge is 0.480 e. The van der Waals surface area contributed by atoms with E-state index in [4.69, 9.17) is 5.11 Å². The van der Waals surface area contributed by atoms with Gasteiger partial charge >= 0.3 is 12.1 Å². The smallest absolute Gasteiger partial charge is 0.416 e. The maximum atomic E-state index is 12.5. The molecule has 1 aliphatic carbocycles. The van der Waals surface area contributed by atoms with E-state index in [-0.39, 0.29) is 17.7 Å². The molecule has 2 fully saturated rings. The van der Waals surface area contributed by atoms with E-state index in [9.17, 15) is 22.8 Å². The molecule has 1 heterocycles. The van der Waals surface area contributed by atoms with Crippen LogP contribution in [0.25, 0.3) is 0 Å². The highest BCUT2D eigenvalue weighted by molar-refractivity contribution is 5.88. The van der Waals surface area contributed by atoms with Crippen molar-refractivity contribution in [3.8, 4) is 0 Å². The second kappa shape index (κ2) is 5.54. The Balaban J connectivity index is 1.67. The van der Waals surface area contributed by atoms with Crippen LogP contribution in [-0.4, -0.2) is 34.5 Å². The molecule has 2 aliphatic rings. The fourth-order valence-electron chi connectivity index (χ4n) is 3.26. The molecule has 0 radical (unpaired) electrons. The topological polar surface area (TPSA) is 57.6 Å². The number of carboxylic acid groups (broad SMARTS) is 1. The fourth-order valence-corrected chi connectivity index (χ4v) is 3.26. The Morgan fingerprint density at radius 1 is 1.17 bits per heavy atom. The minimum Gasteiger partial charge on any atom is -0.480 e. The number of amides is 1. The van der Waals surface area contributed by atoms with Gasteiger partial charge in [-0.2, -0.15) is 13.2 Å². The molecule has 1 aromatic rings. The van der Waals surface area contributed by atoms with Crippen molar-refractivity contribution in [1.82, 2.24) is 4.90 Å². The standard InChI is InChI=1S/C16H16F3NO3/c17-16(18,19)10-5-3-9(4-6-10)11-8-12(11)14(21)20-7-1-2-13(20)15(22)23/h3-6,11-13H,1-2,7-8H2,(H,22,23)/t11-,12-,13-/m0/s1.